The number of methoxy groups -OCH3 is 3. The van der Waals surface area contributed by atoms with Gasteiger partial charge in [0.2, 0.25) is 0 Å². The minimum Gasteiger partial charge on any atom is -0.507 e. The highest BCUT2D eigenvalue weighted by Gasteiger charge is 2.47. The average Bonchev–Trinajstić information content (AvgIpc) is 3.45. The van der Waals surface area contributed by atoms with Crippen LogP contribution in [0.15, 0.2) is 65.6 Å². The number of aliphatic hydroxyl groups is 1. The molecule has 2 aromatic carbocycles. The van der Waals surface area contributed by atoms with E-state index in [2.05, 4.69) is 0 Å². The quantitative estimate of drug-likeness (QED) is 0.340. The summed E-state index contributed by atoms with van der Waals surface area (Å²) in [4.78, 5) is 28.5. The van der Waals surface area contributed by atoms with Gasteiger partial charge in [-0.2, -0.15) is 0 Å². The third-order valence-electron chi connectivity index (χ3n) is 5.25. The summed E-state index contributed by atoms with van der Waals surface area (Å²) in [5.74, 6) is -0.422. The second-order valence-electron chi connectivity index (χ2n) is 6.95. The highest BCUT2D eigenvalue weighted by Crippen LogP contribution is 2.45. The smallest absolute Gasteiger partial charge is 0.300 e. The first kappa shape index (κ1) is 21.5. The highest BCUT2D eigenvalue weighted by molar-refractivity contribution is 7.10. The number of aliphatic hydroxyl groups excluding tert-OH is 1. The van der Waals surface area contributed by atoms with Crippen LogP contribution in [0.5, 0.6) is 17.2 Å². The zero-order valence-electron chi connectivity index (χ0n) is 17.7. The van der Waals surface area contributed by atoms with Gasteiger partial charge in [-0.3, -0.25) is 14.5 Å². The number of benzene rings is 2. The van der Waals surface area contributed by atoms with Crippen molar-refractivity contribution in [2.75, 3.05) is 26.2 Å². The summed E-state index contributed by atoms with van der Waals surface area (Å²) in [5.41, 5.74) is 0.771. The number of thiophene rings is 1. The van der Waals surface area contributed by atoms with Crippen LogP contribution in [-0.4, -0.2) is 38.1 Å². The highest BCUT2D eigenvalue weighted by atomic mass is 32.1. The fourth-order valence-electron chi connectivity index (χ4n) is 3.71. The minimum absolute atomic E-state index is 0.0104. The van der Waals surface area contributed by atoms with Crippen molar-refractivity contribution in [3.05, 3.63) is 76.0 Å². The molecule has 0 saturated carbocycles. The molecule has 0 bridgehead atoms. The zero-order chi connectivity index (χ0) is 22.8. The fraction of sp³-hybridized carbons (Fsp3) is 0.167. The first-order chi connectivity index (χ1) is 15.5. The van der Waals surface area contributed by atoms with E-state index >= 15 is 0 Å². The fourth-order valence-corrected chi connectivity index (χ4v) is 4.54. The van der Waals surface area contributed by atoms with Crippen LogP contribution in [0.1, 0.15) is 16.5 Å². The molecule has 4 rings (SSSR count). The summed E-state index contributed by atoms with van der Waals surface area (Å²) in [6, 6.07) is 14.6. The summed E-state index contributed by atoms with van der Waals surface area (Å²) < 4.78 is 15.9. The molecule has 1 aliphatic rings. The van der Waals surface area contributed by atoms with E-state index in [1.54, 1.807) is 42.5 Å². The molecule has 2 heterocycles. The topological polar surface area (TPSA) is 85.3 Å². The van der Waals surface area contributed by atoms with Crippen molar-refractivity contribution in [2.24, 2.45) is 0 Å². The Morgan fingerprint density at radius 1 is 0.938 bits per heavy atom. The van der Waals surface area contributed by atoms with Crippen molar-refractivity contribution in [3.8, 4) is 17.2 Å². The van der Waals surface area contributed by atoms with Crippen LogP contribution in [-0.2, 0) is 9.59 Å². The number of nitrogens with zero attached hydrogens (tertiary/aromatic N) is 1. The first-order valence-corrected chi connectivity index (χ1v) is 10.6. The van der Waals surface area contributed by atoms with Gasteiger partial charge in [-0.05, 0) is 35.7 Å². The monoisotopic (exact) mass is 451 g/mol. The third kappa shape index (κ3) is 3.58. The van der Waals surface area contributed by atoms with Crippen molar-refractivity contribution in [1.82, 2.24) is 0 Å². The van der Waals surface area contributed by atoms with Gasteiger partial charge in [0.1, 0.15) is 29.0 Å². The van der Waals surface area contributed by atoms with Crippen LogP contribution in [0.2, 0.25) is 0 Å². The molecule has 1 amide bonds. The van der Waals surface area contributed by atoms with Crippen LogP contribution >= 0.6 is 11.3 Å². The third-order valence-corrected chi connectivity index (χ3v) is 6.18. The van der Waals surface area contributed by atoms with Gasteiger partial charge in [0.15, 0.2) is 0 Å². The maximum Gasteiger partial charge on any atom is 0.300 e. The molecule has 3 aromatic rings. The van der Waals surface area contributed by atoms with Gasteiger partial charge >= 0.3 is 0 Å². The van der Waals surface area contributed by atoms with E-state index in [0.717, 1.165) is 4.88 Å². The SMILES string of the molecule is COc1cccc(N2C(=O)C(=O)/C(=C(\O)c3ccc(OC)cc3OC)C2c2cccs2)c1. The average molecular weight is 452 g/mol. The van der Waals surface area contributed by atoms with Gasteiger partial charge in [0, 0.05) is 22.7 Å². The number of hydrogen-bond donors (Lipinski definition) is 1. The number of ether oxygens (including phenoxy) is 3. The molecule has 1 atom stereocenters. The van der Waals surface area contributed by atoms with Gasteiger partial charge in [-0.1, -0.05) is 12.1 Å². The molecule has 0 radical (unpaired) electrons. The summed E-state index contributed by atoms with van der Waals surface area (Å²) >= 11 is 1.39. The summed E-state index contributed by atoms with van der Waals surface area (Å²) in [7, 11) is 4.50. The minimum atomic E-state index is -0.797. The van der Waals surface area contributed by atoms with Gasteiger partial charge in [0.25, 0.3) is 11.7 Å². The zero-order valence-corrected chi connectivity index (χ0v) is 18.5. The van der Waals surface area contributed by atoms with E-state index < -0.39 is 17.7 Å². The van der Waals surface area contributed by atoms with E-state index in [9.17, 15) is 14.7 Å². The Kier molecular flexibility index (Phi) is 5.87. The molecule has 1 fully saturated rings. The Balaban J connectivity index is 1.93. The molecular weight excluding hydrogens is 430 g/mol. The molecule has 1 saturated heterocycles. The summed E-state index contributed by atoms with van der Waals surface area (Å²) in [5, 5.41) is 13.1. The Hall–Kier alpha value is -3.78. The number of rotatable bonds is 6. The maximum absolute atomic E-state index is 13.2. The van der Waals surface area contributed by atoms with Crippen molar-refractivity contribution in [3.63, 3.8) is 0 Å². The normalized spacial score (nSPS) is 17.5. The molecule has 8 heteroatoms. The summed E-state index contributed by atoms with van der Waals surface area (Å²) in [6.45, 7) is 0. The van der Waals surface area contributed by atoms with Crippen molar-refractivity contribution < 1.29 is 28.9 Å². The second-order valence-corrected chi connectivity index (χ2v) is 7.93. The number of carbonyl (C=O) groups excluding carboxylic acids is 2. The van der Waals surface area contributed by atoms with Gasteiger partial charge in [-0.25, -0.2) is 0 Å². The van der Waals surface area contributed by atoms with Crippen LogP contribution in [0.3, 0.4) is 0 Å². The second kappa shape index (κ2) is 8.76. The van der Waals surface area contributed by atoms with Crippen molar-refractivity contribution in [1.29, 1.82) is 0 Å². The molecule has 0 aliphatic carbocycles. The molecule has 1 aromatic heterocycles. The van der Waals surface area contributed by atoms with Gasteiger partial charge < -0.3 is 19.3 Å². The molecular formula is C24H21NO6S. The molecule has 32 heavy (non-hydrogen) atoms. The standard InChI is InChI=1S/C24H21NO6S/c1-29-15-7-4-6-14(12-15)25-21(19-8-5-11-32-19)20(23(27)24(25)28)22(26)17-10-9-16(30-2)13-18(17)31-3/h4-13,21,26H,1-3H3/b22-20-. The summed E-state index contributed by atoms with van der Waals surface area (Å²) in [6.07, 6.45) is 0. The van der Waals surface area contributed by atoms with Crippen LogP contribution in [0.4, 0.5) is 5.69 Å². The van der Waals surface area contributed by atoms with Gasteiger partial charge in [0.05, 0.1) is 32.5 Å². The molecule has 1 aliphatic heterocycles. The van der Waals surface area contributed by atoms with Crippen LogP contribution in [0, 0.1) is 0 Å². The molecule has 1 unspecified atom stereocenters. The van der Waals surface area contributed by atoms with Crippen molar-refractivity contribution in [2.45, 2.75) is 6.04 Å². The molecule has 0 spiro atoms. The lowest BCUT2D eigenvalue weighted by Crippen LogP contribution is -2.29. The van der Waals surface area contributed by atoms with Crippen LogP contribution in [0.25, 0.3) is 5.76 Å². The Labute approximate surface area is 189 Å². The molecule has 1 N–H and O–H groups in total. The van der Waals surface area contributed by atoms with E-state index in [1.807, 2.05) is 17.5 Å². The van der Waals surface area contributed by atoms with E-state index in [0.29, 0.717) is 28.5 Å². The lowest BCUT2D eigenvalue weighted by atomic mass is 9.99. The number of ketones is 1. The molecule has 164 valence electrons. The number of anilines is 1. The number of Topliss-reactive ketones (excluding diaryl/α,β-unsaturated/α-hetero) is 1. The maximum atomic E-state index is 13.2. The first-order valence-electron chi connectivity index (χ1n) is 9.71. The Morgan fingerprint density at radius 2 is 1.69 bits per heavy atom. The van der Waals surface area contributed by atoms with Crippen molar-refractivity contribution >= 4 is 34.5 Å². The van der Waals surface area contributed by atoms with E-state index in [4.69, 9.17) is 14.2 Å². The lowest BCUT2D eigenvalue weighted by Gasteiger charge is -2.24. The number of carbonyl (C=O) groups is 2. The number of amides is 1. The largest absolute Gasteiger partial charge is 0.507 e. The van der Waals surface area contributed by atoms with Crippen LogP contribution < -0.4 is 19.1 Å². The Bertz CT molecular complexity index is 1200. The van der Waals surface area contributed by atoms with E-state index in [1.165, 1.54) is 37.6 Å². The predicted molar refractivity (Wildman–Crippen MR) is 122 cm³/mol. The lowest BCUT2D eigenvalue weighted by molar-refractivity contribution is -0.132. The molecule has 7 nitrogen and oxygen atoms in total. The number of hydrogen-bond acceptors (Lipinski definition) is 7. The van der Waals surface area contributed by atoms with Gasteiger partial charge in [-0.15, -0.1) is 11.3 Å². The Morgan fingerprint density at radius 3 is 2.34 bits per heavy atom. The van der Waals surface area contributed by atoms with E-state index in [-0.39, 0.29) is 11.3 Å². The predicted octanol–water partition coefficient (Wildman–Crippen LogP) is 4.40.